The molecule has 16 heavy (non-hydrogen) atoms. The molecule has 0 aliphatic carbocycles. The molecule has 1 amide bonds. The number of carbonyl (C=O) groups is 2. The summed E-state index contributed by atoms with van der Waals surface area (Å²) in [7, 11) is -4.09. The van der Waals surface area contributed by atoms with Gasteiger partial charge in [0, 0.05) is 0 Å². The Kier molecular flexibility index (Phi) is 3.80. The van der Waals surface area contributed by atoms with Crippen LogP contribution in [0.25, 0.3) is 0 Å². The summed E-state index contributed by atoms with van der Waals surface area (Å²) in [6.45, 7) is 0. The zero-order chi connectivity index (χ0) is 12.2. The molecule has 1 heterocycles. The topological polar surface area (TPSA) is 119 Å². The Morgan fingerprint density at radius 2 is 2.19 bits per heavy atom. The van der Waals surface area contributed by atoms with E-state index < -0.39 is 26.6 Å². The summed E-state index contributed by atoms with van der Waals surface area (Å²) in [6, 6.07) is 2.90. The van der Waals surface area contributed by atoms with Crippen molar-refractivity contribution in [2.75, 3.05) is 0 Å². The van der Waals surface area contributed by atoms with Crippen LogP contribution in [0.15, 0.2) is 22.8 Å². The lowest BCUT2D eigenvalue weighted by atomic mass is 10.4. The Hall–Kier alpha value is -1.67. The summed E-state index contributed by atoms with van der Waals surface area (Å²) < 4.78 is 27.6. The zero-order valence-corrected chi connectivity index (χ0v) is 8.86. The van der Waals surface area contributed by atoms with Gasteiger partial charge in [0.1, 0.15) is 17.9 Å². The van der Waals surface area contributed by atoms with Crippen molar-refractivity contribution in [2.24, 2.45) is 5.84 Å². The molecule has 3 N–H and O–H groups in total. The van der Waals surface area contributed by atoms with Crippen molar-refractivity contribution in [3.8, 4) is 0 Å². The first-order valence-corrected chi connectivity index (χ1v) is 5.75. The van der Waals surface area contributed by atoms with Crippen LogP contribution in [0.4, 0.5) is 0 Å². The molecule has 0 aromatic carbocycles. The van der Waals surface area contributed by atoms with Gasteiger partial charge in [-0.2, -0.15) is 0 Å². The number of nitrogens with two attached hydrogens (primary N) is 1. The summed E-state index contributed by atoms with van der Waals surface area (Å²) in [5, 5.41) is -1.31. The smallest absolute Gasteiger partial charge is 0.260 e. The molecule has 1 radical (unpaired) electrons. The van der Waals surface area contributed by atoms with Gasteiger partial charge >= 0.3 is 0 Å². The van der Waals surface area contributed by atoms with Crippen LogP contribution in [0.2, 0.25) is 0 Å². The number of furan rings is 1. The molecule has 1 rings (SSSR count). The van der Waals surface area contributed by atoms with Gasteiger partial charge in [-0.05, 0) is 12.1 Å². The maximum Gasteiger partial charge on any atom is 0.260 e. The molecule has 7 nitrogen and oxygen atoms in total. The fraction of sp³-hybridized carbons (Fsp3) is 0.125. The van der Waals surface area contributed by atoms with Crippen LogP contribution in [-0.2, 0) is 25.2 Å². The number of amides is 1. The summed E-state index contributed by atoms with van der Waals surface area (Å²) in [4.78, 5) is 21.8. The minimum atomic E-state index is -4.09. The van der Waals surface area contributed by atoms with E-state index in [1.807, 2.05) is 0 Å². The van der Waals surface area contributed by atoms with E-state index >= 15 is 0 Å². The van der Waals surface area contributed by atoms with Crippen LogP contribution in [0.3, 0.4) is 0 Å². The molecule has 0 aliphatic rings. The van der Waals surface area contributed by atoms with E-state index in [4.69, 9.17) is 10.3 Å². The molecule has 0 atom stereocenters. The average Bonchev–Trinajstić information content (AvgIpc) is 2.69. The maximum absolute atomic E-state index is 11.4. The van der Waals surface area contributed by atoms with Crippen molar-refractivity contribution in [1.29, 1.82) is 0 Å². The van der Waals surface area contributed by atoms with Crippen molar-refractivity contribution in [1.82, 2.24) is 5.43 Å². The van der Waals surface area contributed by atoms with Gasteiger partial charge in [-0.25, -0.2) is 14.3 Å². The van der Waals surface area contributed by atoms with Crippen LogP contribution in [-0.4, -0.2) is 19.4 Å². The third-order valence-corrected chi connectivity index (χ3v) is 3.01. The largest absolute Gasteiger partial charge is 0.468 e. The van der Waals surface area contributed by atoms with E-state index in [1.54, 1.807) is 5.43 Å². The number of hydrogen-bond acceptors (Lipinski definition) is 6. The van der Waals surface area contributed by atoms with Gasteiger partial charge in [0.15, 0.2) is 0 Å². The first-order valence-electron chi connectivity index (χ1n) is 4.10. The van der Waals surface area contributed by atoms with Crippen molar-refractivity contribution < 1.29 is 22.4 Å². The highest BCUT2D eigenvalue weighted by molar-refractivity contribution is 8.05. The van der Waals surface area contributed by atoms with Gasteiger partial charge in [0.2, 0.25) is 15.7 Å². The Labute approximate surface area is 91.5 Å². The van der Waals surface area contributed by atoms with E-state index in [9.17, 15) is 18.0 Å². The Morgan fingerprint density at radius 3 is 2.69 bits per heavy atom. The molecule has 87 valence electrons. The second-order valence-electron chi connectivity index (χ2n) is 2.81. The van der Waals surface area contributed by atoms with Crippen molar-refractivity contribution in [2.45, 2.75) is 5.75 Å². The van der Waals surface area contributed by atoms with E-state index in [-0.39, 0.29) is 5.76 Å². The lowest BCUT2D eigenvalue weighted by Crippen LogP contribution is -2.34. The number of sulfone groups is 1. The highest BCUT2D eigenvalue weighted by atomic mass is 32.2. The van der Waals surface area contributed by atoms with Gasteiger partial charge < -0.3 is 4.42 Å². The second-order valence-corrected chi connectivity index (χ2v) is 4.73. The van der Waals surface area contributed by atoms with Crippen molar-refractivity contribution in [3.05, 3.63) is 30.6 Å². The fourth-order valence-corrected chi connectivity index (χ4v) is 1.86. The molecule has 0 spiro atoms. The predicted octanol–water partition coefficient (Wildman–Crippen LogP) is -1.08. The van der Waals surface area contributed by atoms with Gasteiger partial charge in [0.25, 0.3) is 5.12 Å². The third-order valence-electron chi connectivity index (χ3n) is 1.61. The molecular formula is C8H9N2O5S. The van der Waals surface area contributed by atoms with Gasteiger partial charge in [-0.3, -0.25) is 15.0 Å². The first kappa shape index (κ1) is 12.4. The highest BCUT2D eigenvalue weighted by Gasteiger charge is 2.26. The van der Waals surface area contributed by atoms with Gasteiger partial charge in [-0.1, -0.05) is 0 Å². The van der Waals surface area contributed by atoms with E-state index in [0.717, 1.165) is 0 Å². The SMILES string of the molecule is NNC(=O)[CH]C(=O)S(=O)(=O)Cc1ccco1. The molecule has 0 unspecified atom stereocenters. The third kappa shape index (κ3) is 3.17. The molecular weight excluding hydrogens is 236 g/mol. The standard InChI is InChI=1S/C8H9N2O5S/c9-10-7(11)4-8(12)16(13,14)5-6-2-1-3-15-6/h1-4H,5,9H2,(H,10,11). The molecule has 0 saturated heterocycles. The number of nitrogens with one attached hydrogen (secondary N) is 1. The van der Waals surface area contributed by atoms with E-state index in [1.165, 1.54) is 18.4 Å². The molecule has 0 bridgehead atoms. The second kappa shape index (κ2) is 4.90. The summed E-state index contributed by atoms with van der Waals surface area (Å²) in [5.41, 5.74) is 1.62. The molecule has 0 aliphatic heterocycles. The van der Waals surface area contributed by atoms with Crippen LogP contribution in [0.5, 0.6) is 0 Å². The van der Waals surface area contributed by atoms with Crippen molar-refractivity contribution in [3.63, 3.8) is 0 Å². The first-order chi connectivity index (χ1) is 7.45. The fourth-order valence-electron chi connectivity index (χ4n) is 0.892. The molecule has 1 aromatic heterocycles. The lowest BCUT2D eigenvalue weighted by Gasteiger charge is -2.00. The molecule has 8 heteroatoms. The number of rotatable bonds is 4. The lowest BCUT2D eigenvalue weighted by molar-refractivity contribution is -0.120. The van der Waals surface area contributed by atoms with Crippen molar-refractivity contribution >= 4 is 20.9 Å². The summed E-state index contributed by atoms with van der Waals surface area (Å²) in [5.74, 6) is 3.25. The number of hydrogen-bond donors (Lipinski definition) is 2. The van der Waals surface area contributed by atoms with Gasteiger partial charge in [-0.15, -0.1) is 0 Å². The van der Waals surface area contributed by atoms with E-state index in [2.05, 4.69) is 0 Å². The average molecular weight is 245 g/mol. The Bertz CT molecular complexity index is 477. The summed E-state index contributed by atoms with van der Waals surface area (Å²) in [6.07, 6.45) is 1.66. The van der Waals surface area contributed by atoms with Crippen LogP contribution in [0, 0.1) is 6.42 Å². The molecule has 1 aromatic rings. The normalized spacial score (nSPS) is 11.1. The zero-order valence-electron chi connectivity index (χ0n) is 8.04. The van der Waals surface area contributed by atoms with Crippen LogP contribution < -0.4 is 11.3 Å². The number of hydrazine groups is 1. The van der Waals surface area contributed by atoms with Crippen LogP contribution in [0.1, 0.15) is 5.76 Å². The molecule has 0 fully saturated rings. The maximum atomic E-state index is 11.4. The van der Waals surface area contributed by atoms with E-state index in [0.29, 0.717) is 6.42 Å². The quantitative estimate of drug-likeness (QED) is 0.301. The minimum Gasteiger partial charge on any atom is -0.468 e. The van der Waals surface area contributed by atoms with Gasteiger partial charge in [0.05, 0.1) is 6.26 Å². The molecule has 0 saturated carbocycles. The van der Waals surface area contributed by atoms with Crippen LogP contribution >= 0.6 is 0 Å². The minimum absolute atomic E-state index is 0.120. The monoisotopic (exact) mass is 245 g/mol. The number of carbonyl (C=O) groups excluding carboxylic acids is 2. The highest BCUT2D eigenvalue weighted by Crippen LogP contribution is 2.08. The Morgan fingerprint density at radius 1 is 1.50 bits per heavy atom. The Balaban J connectivity index is 2.71. The predicted molar refractivity (Wildman–Crippen MR) is 53.0 cm³/mol. The summed E-state index contributed by atoms with van der Waals surface area (Å²) >= 11 is 0.